The molecule has 0 aromatic heterocycles. The monoisotopic (exact) mass is 611 g/mol. The maximum absolute atomic E-state index is 13.1. The average Bonchev–Trinajstić information content (AvgIpc) is 3.30. The molecule has 0 radical (unpaired) electrons. The van der Waals surface area contributed by atoms with Crippen LogP contribution in [0.25, 0.3) is 0 Å². The minimum atomic E-state index is -4.44. The molecule has 6 atom stereocenters. The van der Waals surface area contributed by atoms with Gasteiger partial charge in [-0.05, 0) is 37.1 Å². The maximum Gasteiger partial charge on any atom is 0.416 e. The van der Waals surface area contributed by atoms with Crippen LogP contribution in [-0.4, -0.2) is 61.8 Å². The second kappa shape index (κ2) is 10.7. The van der Waals surface area contributed by atoms with E-state index in [0.29, 0.717) is 41.1 Å². The number of halogens is 3. The lowest BCUT2D eigenvalue weighted by Gasteiger charge is -2.62. The molecule has 1 spiro atoms. The van der Waals surface area contributed by atoms with E-state index in [0.717, 1.165) is 60.1 Å². The van der Waals surface area contributed by atoms with Crippen LogP contribution in [0.15, 0.2) is 30.3 Å². The fraction of sp³-hybridized carbons (Fsp3) is 0.529. The second-order valence-corrected chi connectivity index (χ2v) is 13.3. The van der Waals surface area contributed by atoms with Crippen molar-refractivity contribution >= 4 is 11.9 Å². The molecule has 44 heavy (non-hydrogen) atoms. The largest absolute Gasteiger partial charge is 0.493 e. The van der Waals surface area contributed by atoms with Crippen molar-refractivity contribution in [3.8, 4) is 29.1 Å². The zero-order chi connectivity index (χ0) is 31.6. The predicted molar refractivity (Wildman–Crippen MR) is 156 cm³/mol. The first-order valence-corrected chi connectivity index (χ1v) is 15.2. The Labute approximate surface area is 255 Å². The fourth-order valence-corrected chi connectivity index (χ4v) is 8.73. The fourth-order valence-electron chi connectivity index (χ4n) is 8.73. The summed E-state index contributed by atoms with van der Waals surface area (Å²) in [5, 5.41) is 3.08. The Morgan fingerprint density at radius 2 is 1.91 bits per heavy atom. The standard InChI is InChI=1S/C34H37F3N2O5/c1-19(2)18-39(4)15-14-33-24-11-12-25(38-29(41)13-8-21-6-9-22(10-7-21)34(35,36)37)32(33)44-31-28(42-5)17-27(43-20(3)40)23(30(31)33)16-26(24)39/h6-7,9-10,17,19,24-26,32H,11-12,14-16,18H2,1-5H3/p+1/t24-,25+,26+,32-,33-,39?/m0/s1. The lowest BCUT2D eigenvalue weighted by Crippen LogP contribution is -2.73. The third-order valence-corrected chi connectivity index (χ3v) is 10.2. The van der Waals surface area contributed by atoms with Gasteiger partial charge in [0.15, 0.2) is 11.5 Å². The van der Waals surface area contributed by atoms with Gasteiger partial charge in [-0.2, -0.15) is 13.2 Å². The molecule has 2 bridgehead atoms. The summed E-state index contributed by atoms with van der Waals surface area (Å²) < 4.78 is 58.0. The Balaban J connectivity index is 1.36. The van der Waals surface area contributed by atoms with Crippen LogP contribution in [0.5, 0.6) is 17.2 Å². The normalized spacial score (nSPS) is 29.6. The number of hydrogen-bond donors (Lipinski definition) is 1. The summed E-state index contributed by atoms with van der Waals surface area (Å²) in [6, 6.07) is 6.11. The number of benzene rings is 2. The number of amides is 1. The van der Waals surface area contributed by atoms with Gasteiger partial charge in [-0.15, -0.1) is 0 Å². The predicted octanol–water partition coefficient (Wildman–Crippen LogP) is 5.02. The van der Waals surface area contributed by atoms with E-state index in [1.54, 1.807) is 13.2 Å². The number of quaternary nitrogens is 1. The van der Waals surface area contributed by atoms with Crippen LogP contribution in [0.2, 0.25) is 0 Å². The molecule has 2 heterocycles. The van der Waals surface area contributed by atoms with Crippen molar-refractivity contribution in [1.29, 1.82) is 0 Å². The summed E-state index contributed by atoms with van der Waals surface area (Å²) in [7, 11) is 3.91. The van der Waals surface area contributed by atoms with Crippen LogP contribution in [0, 0.1) is 23.7 Å². The molecular weight excluding hydrogens is 573 g/mol. The molecule has 2 aliphatic heterocycles. The number of esters is 1. The Kier molecular flexibility index (Phi) is 7.39. The second-order valence-electron chi connectivity index (χ2n) is 13.3. The van der Waals surface area contributed by atoms with E-state index in [2.05, 4.69) is 38.1 Å². The summed E-state index contributed by atoms with van der Waals surface area (Å²) >= 11 is 0. The van der Waals surface area contributed by atoms with Crippen LogP contribution in [0.1, 0.15) is 62.3 Å². The van der Waals surface area contributed by atoms with Gasteiger partial charge in [-0.1, -0.05) is 19.8 Å². The summed E-state index contributed by atoms with van der Waals surface area (Å²) in [5.74, 6) is 6.80. The van der Waals surface area contributed by atoms with Crippen molar-refractivity contribution in [2.45, 2.75) is 76.2 Å². The Bertz CT molecular complexity index is 1560. The van der Waals surface area contributed by atoms with E-state index in [9.17, 15) is 22.8 Å². The van der Waals surface area contributed by atoms with Crippen molar-refractivity contribution in [3.05, 3.63) is 52.6 Å². The number of likely N-dealkylation sites (tertiary alicyclic amines) is 1. The van der Waals surface area contributed by atoms with Gasteiger partial charge >= 0.3 is 12.1 Å². The van der Waals surface area contributed by atoms with Crippen molar-refractivity contribution in [3.63, 3.8) is 0 Å². The molecule has 1 unspecified atom stereocenters. The number of likely N-dealkylation sites (N-methyl/N-ethyl adjacent to an activating group) is 1. The molecule has 2 fully saturated rings. The smallest absolute Gasteiger partial charge is 0.416 e. The number of nitrogens with zero attached hydrogens (tertiary/aromatic N) is 1. The average molecular weight is 612 g/mol. The first-order valence-electron chi connectivity index (χ1n) is 15.2. The van der Waals surface area contributed by atoms with Gasteiger partial charge < -0.3 is 24.0 Å². The molecule has 10 heteroatoms. The third-order valence-electron chi connectivity index (χ3n) is 10.2. The molecule has 6 rings (SSSR count). The highest BCUT2D eigenvalue weighted by Gasteiger charge is 2.69. The zero-order valence-electron chi connectivity index (χ0n) is 25.6. The van der Waals surface area contributed by atoms with Crippen LogP contribution < -0.4 is 19.5 Å². The van der Waals surface area contributed by atoms with Gasteiger partial charge in [0, 0.05) is 60.3 Å². The molecule has 234 valence electrons. The number of methoxy groups -OCH3 is 1. The lowest BCUT2D eigenvalue weighted by atomic mass is 9.50. The topological polar surface area (TPSA) is 73.9 Å². The molecule has 1 saturated heterocycles. The van der Waals surface area contributed by atoms with Crippen LogP contribution in [0.3, 0.4) is 0 Å². The Hall–Kier alpha value is -3.71. The number of rotatable bonds is 5. The van der Waals surface area contributed by atoms with Crippen LogP contribution in [0.4, 0.5) is 13.2 Å². The Morgan fingerprint density at radius 3 is 2.55 bits per heavy atom. The van der Waals surface area contributed by atoms with Crippen molar-refractivity contribution in [2.24, 2.45) is 11.8 Å². The van der Waals surface area contributed by atoms with Gasteiger partial charge in [0.25, 0.3) is 5.91 Å². The number of hydrogen-bond acceptors (Lipinski definition) is 5. The van der Waals surface area contributed by atoms with Gasteiger partial charge in [-0.25, -0.2) is 0 Å². The van der Waals surface area contributed by atoms with Crippen LogP contribution >= 0.6 is 0 Å². The van der Waals surface area contributed by atoms with E-state index >= 15 is 0 Å². The van der Waals surface area contributed by atoms with Crippen molar-refractivity contribution < 1.29 is 41.5 Å². The number of nitrogens with one attached hydrogen (secondary N) is 1. The third kappa shape index (κ3) is 4.90. The van der Waals surface area contributed by atoms with Gasteiger partial charge in [0.2, 0.25) is 0 Å². The van der Waals surface area contributed by atoms with Crippen molar-refractivity contribution in [2.75, 3.05) is 27.2 Å². The minimum Gasteiger partial charge on any atom is -0.493 e. The van der Waals surface area contributed by atoms with Gasteiger partial charge in [-0.3, -0.25) is 9.59 Å². The number of alkyl halides is 3. The summed E-state index contributed by atoms with van der Waals surface area (Å²) in [6.45, 7) is 7.87. The summed E-state index contributed by atoms with van der Waals surface area (Å²) in [4.78, 5) is 25.3. The maximum atomic E-state index is 13.1. The number of carbonyl (C=O) groups is 2. The van der Waals surface area contributed by atoms with Gasteiger partial charge in [0.1, 0.15) is 11.9 Å². The van der Waals surface area contributed by atoms with Crippen LogP contribution in [-0.2, 0) is 27.6 Å². The molecule has 2 aromatic rings. The molecule has 1 saturated carbocycles. The number of ether oxygens (including phenoxy) is 3. The van der Waals surface area contributed by atoms with E-state index in [1.165, 1.54) is 19.1 Å². The van der Waals surface area contributed by atoms with E-state index in [4.69, 9.17) is 14.2 Å². The number of carbonyl (C=O) groups excluding carboxylic acids is 2. The molecule has 1 amide bonds. The summed E-state index contributed by atoms with van der Waals surface area (Å²) in [5.41, 5.74) is 1.18. The molecule has 2 aromatic carbocycles. The molecule has 4 aliphatic rings. The first-order chi connectivity index (χ1) is 20.8. The van der Waals surface area contributed by atoms with E-state index in [1.807, 2.05) is 0 Å². The quantitative estimate of drug-likeness (QED) is 0.223. The van der Waals surface area contributed by atoms with E-state index < -0.39 is 29.0 Å². The van der Waals surface area contributed by atoms with Gasteiger partial charge in [0.05, 0.1) is 50.3 Å². The highest BCUT2D eigenvalue weighted by atomic mass is 19.4. The molecule has 7 nitrogen and oxygen atoms in total. The molecular formula is C34H38F3N2O5+. The lowest BCUT2D eigenvalue weighted by molar-refractivity contribution is -0.947. The van der Waals surface area contributed by atoms with Crippen molar-refractivity contribution in [1.82, 2.24) is 5.32 Å². The Morgan fingerprint density at radius 1 is 1.18 bits per heavy atom. The zero-order valence-corrected chi connectivity index (χ0v) is 25.6. The number of piperidine rings is 1. The molecule has 2 aliphatic carbocycles. The van der Waals surface area contributed by atoms with E-state index in [-0.39, 0.29) is 18.2 Å². The summed E-state index contributed by atoms with van der Waals surface area (Å²) in [6.07, 6.45) is -1.62. The SMILES string of the molecule is COc1cc(OC(C)=O)c2c3c1O[C@H]1[C@H](NC(=O)C#Cc4ccc(C(F)(F)F)cc4)CC[C@H]4[C@@H](C2)[N+](C)(CC(C)C)CC[C@@]341. The highest BCUT2D eigenvalue weighted by Crippen LogP contribution is 2.66. The minimum absolute atomic E-state index is 0.287. The molecule has 1 N–H and O–H groups in total. The highest BCUT2D eigenvalue weighted by molar-refractivity contribution is 5.94. The first kappa shape index (κ1) is 30.3.